The fourth-order valence-corrected chi connectivity index (χ4v) is 8.75. The molecule has 0 N–H and O–H groups in total. The minimum Gasteiger partial charge on any atom is -0.208 e. The van der Waals surface area contributed by atoms with Crippen LogP contribution in [0.15, 0.2) is 157 Å². The van der Waals surface area contributed by atoms with E-state index in [1.54, 1.807) is 0 Å². The van der Waals surface area contributed by atoms with E-state index in [1.807, 2.05) is 0 Å². The Morgan fingerprint density at radius 3 is 1.79 bits per heavy atom. The SMILES string of the molecule is CCCc1ccccc1CCC1=CC2CCC(c3ccccc3-c3nc(-c4ccc5ccccc5c4)nc(-c4ccc5ccccc5c4)n3)CC2C=C1. The summed E-state index contributed by atoms with van der Waals surface area (Å²) in [5.74, 6) is 3.75. The van der Waals surface area contributed by atoms with Crippen LogP contribution in [-0.4, -0.2) is 15.0 Å². The van der Waals surface area contributed by atoms with Crippen molar-refractivity contribution in [3.8, 4) is 34.2 Å². The molecule has 0 spiro atoms. The van der Waals surface area contributed by atoms with Crippen LogP contribution in [-0.2, 0) is 12.8 Å². The second kappa shape index (κ2) is 14.8. The fraction of sp³-hybridized carbons (Fsp3) is 0.220. The number of nitrogens with zero attached hydrogens (tertiary/aromatic N) is 3. The van der Waals surface area contributed by atoms with Crippen LogP contribution in [0.2, 0.25) is 0 Å². The Bertz CT molecular complexity index is 2390. The molecule has 0 saturated heterocycles. The predicted molar refractivity (Wildman–Crippen MR) is 221 cm³/mol. The van der Waals surface area contributed by atoms with Crippen molar-refractivity contribution in [2.45, 2.75) is 57.8 Å². The van der Waals surface area contributed by atoms with E-state index >= 15 is 0 Å². The second-order valence-corrected chi connectivity index (χ2v) is 15.0. The topological polar surface area (TPSA) is 38.7 Å². The van der Waals surface area contributed by atoms with Crippen molar-refractivity contribution in [3.05, 3.63) is 174 Å². The monoisotopic (exact) mass is 687 g/mol. The molecular formula is C50H45N3. The number of fused-ring (bicyclic) bond motifs is 3. The fourth-order valence-electron chi connectivity index (χ4n) is 8.75. The van der Waals surface area contributed by atoms with Crippen molar-refractivity contribution < 1.29 is 0 Å². The van der Waals surface area contributed by atoms with E-state index in [0.29, 0.717) is 29.4 Å². The van der Waals surface area contributed by atoms with E-state index in [0.717, 1.165) is 48.2 Å². The highest BCUT2D eigenvalue weighted by Gasteiger charge is 2.32. The summed E-state index contributed by atoms with van der Waals surface area (Å²) in [6.45, 7) is 2.27. The summed E-state index contributed by atoms with van der Waals surface area (Å²) >= 11 is 0. The number of hydrogen-bond donors (Lipinski definition) is 0. The molecule has 1 aromatic heterocycles. The Balaban J connectivity index is 1.02. The summed E-state index contributed by atoms with van der Waals surface area (Å²) < 4.78 is 0. The lowest BCUT2D eigenvalue weighted by Crippen LogP contribution is -2.23. The summed E-state index contributed by atoms with van der Waals surface area (Å²) in [6.07, 6.45) is 15.6. The molecule has 3 atom stereocenters. The molecule has 53 heavy (non-hydrogen) atoms. The molecule has 6 aromatic carbocycles. The maximum Gasteiger partial charge on any atom is 0.164 e. The van der Waals surface area contributed by atoms with Gasteiger partial charge < -0.3 is 0 Å². The van der Waals surface area contributed by atoms with E-state index in [9.17, 15) is 0 Å². The number of rotatable bonds is 9. The van der Waals surface area contributed by atoms with E-state index in [-0.39, 0.29) is 0 Å². The van der Waals surface area contributed by atoms with E-state index in [2.05, 4.69) is 159 Å². The number of aromatic nitrogens is 3. The van der Waals surface area contributed by atoms with Gasteiger partial charge in [-0.05, 0) is 107 Å². The maximum absolute atomic E-state index is 5.23. The average molecular weight is 688 g/mol. The predicted octanol–water partition coefficient (Wildman–Crippen LogP) is 12.8. The van der Waals surface area contributed by atoms with E-state index in [4.69, 9.17) is 15.0 Å². The third kappa shape index (κ3) is 6.97. The highest BCUT2D eigenvalue weighted by atomic mass is 15.0. The van der Waals surface area contributed by atoms with E-state index in [1.165, 1.54) is 63.1 Å². The summed E-state index contributed by atoms with van der Waals surface area (Å²) in [4.78, 5) is 15.6. The highest BCUT2D eigenvalue weighted by Crippen LogP contribution is 2.45. The normalized spacial score (nSPS) is 18.2. The third-order valence-electron chi connectivity index (χ3n) is 11.6. The molecule has 0 radical (unpaired) electrons. The van der Waals surface area contributed by atoms with Crippen LogP contribution in [0.25, 0.3) is 55.7 Å². The summed E-state index contributed by atoms with van der Waals surface area (Å²) in [5.41, 5.74) is 8.98. The van der Waals surface area contributed by atoms with Crippen LogP contribution in [0.1, 0.15) is 61.6 Å². The van der Waals surface area contributed by atoms with E-state index < -0.39 is 0 Å². The van der Waals surface area contributed by atoms with Crippen molar-refractivity contribution in [2.24, 2.45) is 11.8 Å². The highest BCUT2D eigenvalue weighted by molar-refractivity contribution is 5.88. The molecule has 0 aliphatic heterocycles. The molecular weight excluding hydrogens is 643 g/mol. The molecule has 2 aliphatic carbocycles. The van der Waals surface area contributed by atoms with Crippen LogP contribution in [0, 0.1) is 11.8 Å². The Hall–Kier alpha value is -5.67. The summed E-state index contributed by atoms with van der Waals surface area (Å²) in [5, 5.41) is 4.76. The van der Waals surface area contributed by atoms with Crippen LogP contribution < -0.4 is 0 Å². The molecule has 1 saturated carbocycles. The number of hydrogen-bond acceptors (Lipinski definition) is 3. The van der Waals surface area contributed by atoms with Crippen LogP contribution in [0.5, 0.6) is 0 Å². The number of aryl methyl sites for hydroxylation is 2. The lowest BCUT2D eigenvalue weighted by atomic mass is 9.69. The van der Waals surface area contributed by atoms with Crippen molar-refractivity contribution in [1.29, 1.82) is 0 Å². The third-order valence-corrected chi connectivity index (χ3v) is 11.6. The Morgan fingerprint density at radius 1 is 0.528 bits per heavy atom. The zero-order valence-electron chi connectivity index (χ0n) is 30.5. The molecule has 3 unspecified atom stereocenters. The minimum atomic E-state index is 0.443. The summed E-state index contributed by atoms with van der Waals surface area (Å²) in [7, 11) is 0. The Morgan fingerprint density at radius 2 is 1.11 bits per heavy atom. The van der Waals surface area contributed by atoms with Crippen molar-refractivity contribution in [2.75, 3.05) is 0 Å². The smallest absolute Gasteiger partial charge is 0.164 e. The zero-order valence-corrected chi connectivity index (χ0v) is 30.5. The molecule has 7 aromatic rings. The van der Waals surface area contributed by atoms with Crippen molar-refractivity contribution in [1.82, 2.24) is 15.0 Å². The summed E-state index contributed by atoms with van der Waals surface area (Å²) in [6, 6.07) is 47.8. The molecule has 0 bridgehead atoms. The van der Waals surface area contributed by atoms with Gasteiger partial charge >= 0.3 is 0 Å². The first-order chi connectivity index (χ1) is 26.2. The molecule has 0 amide bonds. The van der Waals surface area contributed by atoms with Gasteiger partial charge in [0.1, 0.15) is 0 Å². The van der Waals surface area contributed by atoms with Crippen molar-refractivity contribution >= 4 is 21.5 Å². The Labute approximate surface area is 313 Å². The maximum atomic E-state index is 5.23. The molecule has 3 heteroatoms. The van der Waals surface area contributed by atoms with Gasteiger partial charge in [-0.15, -0.1) is 0 Å². The lowest BCUT2D eigenvalue weighted by Gasteiger charge is -2.36. The number of benzene rings is 6. The quantitative estimate of drug-likeness (QED) is 0.152. The molecule has 9 rings (SSSR count). The zero-order chi connectivity index (χ0) is 35.6. The molecule has 1 fully saturated rings. The first-order valence-electron chi connectivity index (χ1n) is 19.5. The standard InChI is InChI=1S/C50H45N3/c1-2-11-35-12-3-4-13-36(35)22-20-34-21-23-42-31-43(27-26-41(42)30-34)46-18-9-10-19-47(46)50-52-48(44-28-24-37-14-5-7-16-39(37)32-44)51-49(53-50)45-29-25-38-15-6-8-17-40(38)33-45/h3-10,12-19,21,23-25,28-30,32-33,41-43H,2,11,20,22,26-27,31H2,1H3. The first-order valence-corrected chi connectivity index (χ1v) is 19.5. The van der Waals surface area contributed by atoms with Gasteiger partial charge in [0.2, 0.25) is 0 Å². The first kappa shape index (κ1) is 33.2. The largest absolute Gasteiger partial charge is 0.208 e. The van der Waals surface area contributed by atoms with Gasteiger partial charge in [0.05, 0.1) is 0 Å². The van der Waals surface area contributed by atoms with Gasteiger partial charge in [0, 0.05) is 16.7 Å². The Kier molecular flexibility index (Phi) is 9.24. The minimum absolute atomic E-state index is 0.443. The average Bonchev–Trinajstić information content (AvgIpc) is 3.22. The van der Waals surface area contributed by atoms with Gasteiger partial charge in [0.25, 0.3) is 0 Å². The van der Waals surface area contributed by atoms with Gasteiger partial charge in [-0.25, -0.2) is 15.0 Å². The van der Waals surface area contributed by atoms with Gasteiger partial charge in [-0.1, -0.05) is 158 Å². The molecule has 3 nitrogen and oxygen atoms in total. The number of allylic oxidation sites excluding steroid dienone is 4. The van der Waals surface area contributed by atoms with Gasteiger partial charge in [0.15, 0.2) is 17.5 Å². The van der Waals surface area contributed by atoms with Crippen LogP contribution in [0.4, 0.5) is 0 Å². The molecule has 1 heterocycles. The molecule has 2 aliphatic rings. The van der Waals surface area contributed by atoms with Gasteiger partial charge in [-0.2, -0.15) is 0 Å². The van der Waals surface area contributed by atoms with Crippen molar-refractivity contribution in [3.63, 3.8) is 0 Å². The second-order valence-electron chi connectivity index (χ2n) is 15.0. The van der Waals surface area contributed by atoms with Gasteiger partial charge in [-0.3, -0.25) is 0 Å². The van der Waals surface area contributed by atoms with Crippen LogP contribution >= 0.6 is 0 Å². The molecule has 260 valence electrons. The van der Waals surface area contributed by atoms with Crippen LogP contribution in [0.3, 0.4) is 0 Å². The lowest BCUT2D eigenvalue weighted by molar-refractivity contribution is 0.299.